The maximum atomic E-state index is 13.3. The summed E-state index contributed by atoms with van der Waals surface area (Å²) in [6.07, 6.45) is -0.440. The summed E-state index contributed by atoms with van der Waals surface area (Å²) in [5.74, 6) is -0.721. The van der Waals surface area contributed by atoms with Crippen LogP contribution in [0.25, 0.3) is 0 Å². The number of nitrogens with zero attached hydrogens (tertiary/aromatic N) is 1. The molecule has 1 atom stereocenters. The van der Waals surface area contributed by atoms with Gasteiger partial charge in [0.2, 0.25) is 0 Å². The molecule has 1 saturated heterocycles. The maximum Gasteiger partial charge on any atom is 0.254 e. The zero-order chi connectivity index (χ0) is 14.0. The van der Waals surface area contributed by atoms with Crippen molar-refractivity contribution >= 4 is 39.0 Å². The summed E-state index contributed by atoms with van der Waals surface area (Å²) in [6, 6.07) is 4.09. The first-order valence-corrected chi connectivity index (χ1v) is 6.84. The third-order valence-corrected chi connectivity index (χ3v) is 3.50. The van der Waals surface area contributed by atoms with Crippen LogP contribution in [0.2, 0.25) is 0 Å². The Balaban J connectivity index is 2.16. The van der Waals surface area contributed by atoms with Crippen molar-refractivity contribution in [1.82, 2.24) is 4.90 Å². The van der Waals surface area contributed by atoms with Gasteiger partial charge in [-0.2, -0.15) is 0 Å². The molecule has 0 aliphatic carbocycles. The number of amides is 1. The molecule has 0 bridgehead atoms. The zero-order valence-electron chi connectivity index (χ0n) is 9.94. The Kier molecular flexibility index (Phi) is 4.49. The second-order valence-corrected chi connectivity index (χ2v) is 5.56. The molecular weight excluding hydrogens is 335 g/mol. The fourth-order valence-corrected chi connectivity index (χ4v) is 2.47. The second kappa shape index (κ2) is 5.94. The van der Waals surface area contributed by atoms with Crippen molar-refractivity contribution < 1.29 is 13.9 Å². The average Bonchev–Trinajstić information content (AvgIpc) is 2.37. The van der Waals surface area contributed by atoms with Gasteiger partial charge < -0.3 is 15.4 Å². The number of hydrogen-bond acceptors (Lipinski definition) is 3. The molecule has 1 aliphatic heterocycles. The summed E-state index contributed by atoms with van der Waals surface area (Å²) in [7, 11) is 0. The lowest BCUT2D eigenvalue weighted by Crippen LogP contribution is -2.49. The number of nitrogens with two attached hydrogens (primary N) is 1. The number of rotatable bonds is 2. The fraction of sp³-hybridized carbons (Fsp3) is 0.333. The molecule has 1 aromatic rings. The third-order valence-electron chi connectivity index (χ3n) is 2.78. The lowest BCUT2D eigenvalue weighted by atomic mass is 10.1. The molecule has 1 fully saturated rings. The SMILES string of the molecule is NC(=S)C1CN(C(=O)c2cc(F)cc(Br)c2)CCO1. The van der Waals surface area contributed by atoms with E-state index in [9.17, 15) is 9.18 Å². The minimum atomic E-state index is -0.461. The number of thiocarbonyl (C=S) groups is 1. The highest BCUT2D eigenvalue weighted by Crippen LogP contribution is 2.17. The van der Waals surface area contributed by atoms with E-state index in [4.69, 9.17) is 22.7 Å². The molecule has 1 aliphatic rings. The lowest BCUT2D eigenvalue weighted by Gasteiger charge is -2.32. The monoisotopic (exact) mass is 346 g/mol. The van der Waals surface area contributed by atoms with Crippen molar-refractivity contribution in [2.75, 3.05) is 19.7 Å². The van der Waals surface area contributed by atoms with E-state index in [0.717, 1.165) is 0 Å². The molecule has 0 spiro atoms. The van der Waals surface area contributed by atoms with Gasteiger partial charge in [0, 0.05) is 16.6 Å². The van der Waals surface area contributed by atoms with Crippen LogP contribution >= 0.6 is 28.1 Å². The van der Waals surface area contributed by atoms with Crippen molar-refractivity contribution in [3.8, 4) is 0 Å². The summed E-state index contributed by atoms with van der Waals surface area (Å²) in [6.45, 7) is 1.10. The summed E-state index contributed by atoms with van der Waals surface area (Å²) in [5, 5.41) is 0. The highest BCUT2D eigenvalue weighted by atomic mass is 79.9. The number of morpholine rings is 1. The molecule has 2 N–H and O–H groups in total. The van der Waals surface area contributed by atoms with E-state index in [2.05, 4.69) is 15.9 Å². The molecule has 0 radical (unpaired) electrons. The summed E-state index contributed by atoms with van der Waals surface area (Å²) in [5.41, 5.74) is 5.80. The number of halogens is 2. The van der Waals surface area contributed by atoms with Gasteiger partial charge in [0.25, 0.3) is 5.91 Å². The molecular formula is C12H12BrFN2O2S. The van der Waals surface area contributed by atoms with E-state index >= 15 is 0 Å². The van der Waals surface area contributed by atoms with Crippen LogP contribution < -0.4 is 5.73 Å². The van der Waals surface area contributed by atoms with Gasteiger partial charge >= 0.3 is 0 Å². The Morgan fingerprint density at radius 2 is 2.26 bits per heavy atom. The number of carbonyl (C=O) groups is 1. The smallest absolute Gasteiger partial charge is 0.254 e. The molecule has 7 heteroatoms. The standard InChI is InChI=1S/C12H12BrFN2O2S/c13-8-3-7(4-9(14)5-8)12(17)16-1-2-18-10(6-16)11(15)19/h3-5,10H,1-2,6H2,(H2,15,19). The van der Waals surface area contributed by atoms with Crippen LogP contribution in [0, 0.1) is 5.82 Å². The minimum absolute atomic E-state index is 0.220. The second-order valence-electron chi connectivity index (χ2n) is 4.17. The summed E-state index contributed by atoms with van der Waals surface area (Å²) < 4.78 is 19.2. The molecule has 102 valence electrons. The molecule has 4 nitrogen and oxygen atoms in total. The molecule has 0 aromatic heterocycles. The van der Waals surface area contributed by atoms with Crippen LogP contribution in [0.5, 0.6) is 0 Å². The van der Waals surface area contributed by atoms with E-state index in [1.807, 2.05) is 0 Å². The Morgan fingerprint density at radius 1 is 1.53 bits per heavy atom. The molecule has 1 unspecified atom stereocenters. The van der Waals surface area contributed by atoms with Crippen LogP contribution in [0.4, 0.5) is 4.39 Å². The van der Waals surface area contributed by atoms with Crippen LogP contribution in [-0.2, 0) is 4.74 Å². The van der Waals surface area contributed by atoms with Gasteiger partial charge in [-0.3, -0.25) is 4.79 Å². The fourth-order valence-electron chi connectivity index (χ4n) is 1.87. The van der Waals surface area contributed by atoms with Crippen LogP contribution in [0.3, 0.4) is 0 Å². The van der Waals surface area contributed by atoms with Crippen molar-refractivity contribution in [3.63, 3.8) is 0 Å². The van der Waals surface area contributed by atoms with E-state index in [1.54, 1.807) is 11.0 Å². The zero-order valence-corrected chi connectivity index (χ0v) is 12.3. The normalized spacial score (nSPS) is 19.3. The Labute approximate surface area is 123 Å². The first-order valence-electron chi connectivity index (χ1n) is 5.63. The van der Waals surface area contributed by atoms with Crippen molar-refractivity contribution in [1.29, 1.82) is 0 Å². The first-order chi connectivity index (χ1) is 8.97. The lowest BCUT2D eigenvalue weighted by molar-refractivity contribution is 0.00876. The van der Waals surface area contributed by atoms with Crippen LogP contribution in [0.15, 0.2) is 22.7 Å². The summed E-state index contributed by atoms with van der Waals surface area (Å²) >= 11 is 8.02. The molecule has 0 saturated carbocycles. The predicted molar refractivity (Wildman–Crippen MR) is 76.5 cm³/mol. The van der Waals surface area contributed by atoms with Crippen molar-refractivity contribution in [2.24, 2.45) is 5.73 Å². The Morgan fingerprint density at radius 3 is 2.89 bits per heavy atom. The van der Waals surface area contributed by atoms with Crippen molar-refractivity contribution in [2.45, 2.75) is 6.10 Å². The molecule has 1 heterocycles. The highest BCUT2D eigenvalue weighted by Gasteiger charge is 2.26. The first kappa shape index (κ1) is 14.4. The van der Waals surface area contributed by atoms with Crippen molar-refractivity contribution in [3.05, 3.63) is 34.1 Å². The van der Waals surface area contributed by atoms with E-state index in [-0.39, 0.29) is 16.5 Å². The largest absolute Gasteiger partial charge is 0.391 e. The van der Waals surface area contributed by atoms with Gasteiger partial charge in [-0.15, -0.1) is 0 Å². The number of carbonyl (C=O) groups excluding carboxylic acids is 1. The quantitative estimate of drug-likeness (QED) is 0.828. The van der Waals surface area contributed by atoms with E-state index in [0.29, 0.717) is 24.2 Å². The number of hydrogen-bond donors (Lipinski definition) is 1. The molecule has 19 heavy (non-hydrogen) atoms. The Bertz CT molecular complexity index is 506. The van der Waals surface area contributed by atoms with Gasteiger partial charge in [-0.1, -0.05) is 28.1 Å². The average molecular weight is 347 g/mol. The van der Waals surface area contributed by atoms with Crippen LogP contribution in [-0.4, -0.2) is 41.6 Å². The molecule has 2 rings (SSSR count). The summed E-state index contributed by atoms with van der Waals surface area (Å²) in [4.78, 5) is 14.1. The minimum Gasteiger partial charge on any atom is -0.391 e. The topological polar surface area (TPSA) is 55.6 Å². The van der Waals surface area contributed by atoms with Gasteiger partial charge in [0.05, 0.1) is 13.2 Å². The van der Waals surface area contributed by atoms with E-state index < -0.39 is 11.9 Å². The maximum absolute atomic E-state index is 13.3. The number of ether oxygens (including phenoxy) is 1. The number of benzene rings is 1. The van der Waals surface area contributed by atoms with Crippen LogP contribution in [0.1, 0.15) is 10.4 Å². The molecule has 1 aromatic carbocycles. The van der Waals surface area contributed by atoms with E-state index in [1.165, 1.54) is 12.1 Å². The predicted octanol–water partition coefficient (Wildman–Crippen LogP) is 1.72. The Hall–Kier alpha value is -1.05. The van der Waals surface area contributed by atoms with Gasteiger partial charge in [-0.05, 0) is 18.2 Å². The highest BCUT2D eigenvalue weighted by molar-refractivity contribution is 9.10. The third kappa shape index (κ3) is 3.49. The van der Waals surface area contributed by atoms with Gasteiger partial charge in [-0.25, -0.2) is 4.39 Å². The molecule has 1 amide bonds. The van der Waals surface area contributed by atoms with Gasteiger partial charge in [0.15, 0.2) is 0 Å². The van der Waals surface area contributed by atoms with Gasteiger partial charge in [0.1, 0.15) is 16.9 Å².